The molecule has 0 aromatic carbocycles. The number of aromatic nitrogens is 3. The van der Waals surface area contributed by atoms with E-state index in [1.165, 1.54) is 25.7 Å². The Kier molecular flexibility index (Phi) is 2.90. The maximum Gasteiger partial charge on any atom is 0.111 e. The Morgan fingerprint density at radius 2 is 2.35 bits per heavy atom. The highest BCUT2D eigenvalue weighted by molar-refractivity contribution is 4.97. The fraction of sp³-hybridized carbons (Fsp3) is 0.846. The van der Waals surface area contributed by atoms with E-state index < -0.39 is 6.10 Å². The average molecular weight is 235 g/mol. The highest BCUT2D eigenvalue weighted by atomic mass is 16.3. The third-order valence-electron chi connectivity index (χ3n) is 4.59. The topological polar surface area (TPSA) is 50.9 Å². The van der Waals surface area contributed by atoms with E-state index in [2.05, 4.69) is 10.3 Å². The van der Waals surface area contributed by atoms with Crippen molar-refractivity contribution in [2.45, 2.75) is 51.7 Å². The van der Waals surface area contributed by atoms with Gasteiger partial charge in [-0.25, -0.2) is 0 Å². The molecule has 94 valence electrons. The van der Waals surface area contributed by atoms with E-state index in [4.69, 9.17) is 0 Å². The highest BCUT2D eigenvalue weighted by Gasteiger charge is 2.39. The zero-order valence-electron chi connectivity index (χ0n) is 10.4. The summed E-state index contributed by atoms with van der Waals surface area (Å²) in [5.74, 6) is 2.69. The van der Waals surface area contributed by atoms with Crippen molar-refractivity contribution in [3.05, 3.63) is 11.9 Å². The second-order valence-electron chi connectivity index (χ2n) is 5.72. The van der Waals surface area contributed by atoms with Crippen LogP contribution in [-0.2, 0) is 6.54 Å². The first-order valence-electron chi connectivity index (χ1n) is 6.84. The Bertz CT molecular complexity index is 390. The summed E-state index contributed by atoms with van der Waals surface area (Å²) in [5.41, 5.74) is 0.718. The van der Waals surface area contributed by atoms with Crippen molar-refractivity contribution in [3.63, 3.8) is 0 Å². The Balaban J connectivity index is 1.63. The largest absolute Gasteiger partial charge is 0.387 e. The van der Waals surface area contributed by atoms with E-state index in [-0.39, 0.29) is 0 Å². The van der Waals surface area contributed by atoms with E-state index in [1.807, 2.05) is 17.8 Å². The van der Waals surface area contributed by atoms with Crippen molar-refractivity contribution in [2.75, 3.05) is 0 Å². The van der Waals surface area contributed by atoms with Crippen LogP contribution in [0.15, 0.2) is 6.20 Å². The lowest BCUT2D eigenvalue weighted by Crippen LogP contribution is -2.17. The van der Waals surface area contributed by atoms with Gasteiger partial charge in [0.1, 0.15) is 5.69 Å². The first-order chi connectivity index (χ1) is 8.26. The number of nitrogens with zero attached hydrogens (tertiary/aromatic N) is 3. The molecule has 2 aliphatic rings. The molecule has 4 unspecified atom stereocenters. The summed E-state index contributed by atoms with van der Waals surface area (Å²) >= 11 is 0. The predicted molar refractivity (Wildman–Crippen MR) is 64.2 cm³/mol. The van der Waals surface area contributed by atoms with Crippen LogP contribution in [0, 0.1) is 17.8 Å². The summed E-state index contributed by atoms with van der Waals surface area (Å²) in [6.45, 7) is 2.95. The number of fused-ring (bicyclic) bond motifs is 2. The number of hydrogen-bond donors (Lipinski definition) is 1. The summed E-state index contributed by atoms with van der Waals surface area (Å²) in [4.78, 5) is 0. The molecule has 4 nitrogen and oxygen atoms in total. The molecule has 2 saturated carbocycles. The molecule has 3 rings (SSSR count). The lowest BCUT2D eigenvalue weighted by molar-refractivity contribution is 0.168. The van der Waals surface area contributed by atoms with Crippen LogP contribution in [0.3, 0.4) is 0 Å². The lowest BCUT2D eigenvalue weighted by atomic mass is 9.89. The maximum absolute atomic E-state index is 9.69. The van der Waals surface area contributed by atoms with Gasteiger partial charge in [-0.3, -0.25) is 4.68 Å². The van der Waals surface area contributed by atoms with E-state index in [0.717, 1.165) is 30.0 Å². The zero-order chi connectivity index (χ0) is 11.8. The molecule has 1 N–H and O–H groups in total. The SMILES string of the molecule is CCC(O)c1cn(CC2CC3CCC2C3)nn1. The van der Waals surface area contributed by atoms with Gasteiger partial charge in [0.25, 0.3) is 0 Å². The number of hydrogen-bond acceptors (Lipinski definition) is 3. The Morgan fingerprint density at radius 1 is 1.47 bits per heavy atom. The van der Waals surface area contributed by atoms with Crippen molar-refractivity contribution in [3.8, 4) is 0 Å². The van der Waals surface area contributed by atoms with Gasteiger partial charge in [-0.2, -0.15) is 0 Å². The fourth-order valence-electron chi connectivity index (χ4n) is 3.60. The highest BCUT2D eigenvalue weighted by Crippen LogP contribution is 2.48. The Morgan fingerprint density at radius 3 is 3.00 bits per heavy atom. The molecule has 2 aliphatic carbocycles. The fourth-order valence-corrected chi connectivity index (χ4v) is 3.60. The maximum atomic E-state index is 9.69. The van der Waals surface area contributed by atoms with Crippen LogP contribution in [-0.4, -0.2) is 20.1 Å². The van der Waals surface area contributed by atoms with Gasteiger partial charge in [0.15, 0.2) is 0 Å². The summed E-state index contributed by atoms with van der Waals surface area (Å²) in [6, 6.07) is 0. The van der Waals surface area contributed by atoms with Crippen LogP contribution in [0.5, 0.6) is 0 Å². The van der Waals surface area contributed by atoms with Crippen LogP contribution in [0.25, 0.3) is 0 Å². The summed E-state index contributed by atoms with van der Waals surface area (Å²) in [6.07, 6.45) is 7.82. The van der Waals surface area contributed by atoms with Crippen LogP contribution in [0.4, 0.5) is 0 Å². The molecule has 2 fully saturated rings. The van der Waals surface area contributed by atoms with Gasteiger partial charge in [0.05, 0.1) is 12.3 Å². The molecule has 0 spiro atoms. The summed E-state index contributed by atoms with van der Waals surface area (Å²) in [5, 5.41) is 17.9. The van der Waals surface area contributed by atoms with E-state index >= 15 is 0 Å². The van der Waals surface area contributed by atoms with Gasteiger partial charge in [0.2, 0.25) is 0 Å². The minimum Gasteiger partial charge on any atom is -0.387 e. The van der Waals surface area contributed by atoms with Crippen molar-refractivity contribution in [2.24, 2.45) is 17.8 Å². The molecule has 0 saturated heterocycles. The van der Waals surface area contributed by atoms with Crippen LogP contribution < -0.4 is 0 Å². The van der Waals surface area contributed by atoms with Gasteiger partial charge in [-0.05, 0) is 43.4 Å². The quantitative estimate of drug-likeness (QED) is 0.870. The molecular weight excluding hydrogens is 214 g/mol. The van der Waals surface area contributed by atoms with Crippen molar-refractivity contribution < 1.29 is 5.11 Å². The van der Waals surface area contributed by atoms with E-state index in [1.54, 1.807) is 0 Å². The zero-order valence-corrected chi connectivity index (χ0v) is 10.4. The minimum absolute atomic E-state index is 0.455. The van der Waals surface area contributed by atoms with Crippen LogP contribution >= 0.6 is 0 Å². The van der Waals surface area contributed by atoms with Crippen molar-refractivity contribution >= 4 is 0 Å². The molecule has 1 aromatic rings. The monoisotopic (exact) mass is 235 g/mol. The molecule has 0 amide bonds. The second-order valence-corrected chi connectivity index (χ2v) is 5.72. The standard InChI is InChI=1S/C13H21N3O/c1-2-13(17)12-8-16(15-14-12)7-11-6-9-3-4-10(11)5-9/h8-11,13,17H,2-7H2,1H3. The summed E-state index contributed by atoms with van der Waals surface area (Å²) in [7, 11) is 0. The molecular formula is C13H21N3O. The van der Waals surface area contributed by atoms with E-state index in [0.29, 0.717) is 6.42 Å². The lowest BCUT2D eigenvalue weighted by Gasteiger charge is -2.20. The van der Waals surface area contributed by atoms with Crippen LogP contribution in [0.1, 0.15) is 50.8 Å². The molecule has 17 heavy (non-hydrogen) atoms. The molecule has 0 aliphatic heterocycles. The number of aliphatic hydroxyl groups excluding tert-OH is 1. The first kappa shape index (κ1) is 11.2. The molecule has 1 heterocycles. The first-order valence-corrected chi connectivity index (χ1v) is 6.84. The third-order valence-corrected chi connectivity index (χ3v) is 4.59. The molecule has 4 atom stereocenters. The molecule has 1 aromatic heterocycles. The molecule has 4 heteroatoms. The van der Waals surface area contributed by atoms with Gasteiger partial charge in [-0.1, -0.05) is 18.6 Å². The second kappa shape index (κ2) is 4.41. The van der Waals surface area contributed by atoms with Gasteiger partial charge >= 0.3 is 0 Å². The predicted octanol–water partition coefficient (Wildman–Crippen LogP) is 2.16. The number of aliphatic hydroxyl groups is 1. The molecule has 0 radical (unpaired) electrons. The smallest absolute Gasteiger partial charge is 0.111 e. The number of rotatable bonds is 4. The Hall–Kier alpha value is -0.900. The molecule has 2 bridgehead atoms. The van der Waals surface area contributed by atoms with Crippen LogP contribution in [0.2, 0.25) is 0 Å². The summed E-state index contributed by atoms with van der Waals surface area (Å²) < 4.78 is 1.93. The van der Waals surface area contributed by atoms with Gasteiger partial charge < -0.3 is 5.11 Å². The third kappa shape index (κ3) is 2.10. The van der Waals surface area contributed by atoms with Crippen molar-refractivity contribution in [1.29, 1.82) is 0 Å². The Labute approximate surface area is 102 Å². The average Bonchev–Trinajstić information content (AvgIpc) is 3.03. The normalized spacial score (nSPS) is 33.2. The minimum atomic E-state index is -0.455. The van der Waals surface area contributed by atoms with Crippen molar-refractivity contribution in [1.82, 2.24) is 15.0 Å². The van der Waals surface area contributed by atoms with Gasteiger partial charge in [-0.15, -0.1) is 5.10 Å². The van der Waals surface area contributed by atoms with E-state index in [9.17, 15) is 5.11 Å². The van der Waals surface area contributed by atoms with Gasteiger partial charge in [0, 0.05) is 6.54 Å².